The van der Waals surface area contributed by atoms with Crippen molar-refractivity contribution in [2.24, 2.45) is 0 Å². The molecule has 1 aromatic heterocycles. The number of carbonyl (C=O) groups excluding carboxylic acids is 1. The van der Waals surface area contributed by atoms with Crippen molar-refractivity contribution in [3.05, 3.63) is 58.8 Å². The Bertz CT molecular complexity index is 1000. The molecule has 0 spiro atoms. The Kier molecular flexibility index (Phi) is 4.52. The van der Waals surface area contributed by atoms with Crippen molar-refractivity contribution in [1.29, 1.82) is 0 Å². The molecule has 2 heterocycles. The lowest BCUT2D eigenvalue weighted by molar-refractivity contribution is 0.0924. The van der Waals surface area contributed by atoms with Crippen molar-refractivity contribution >= 4 is 16.9 Å². The lowest BCUT2D eigenvalue weighted by Crippen LogP contribution is -2.23. The molecule has 4 rings (SSSR count). The number of furan rings is 1. The molecule has 5 heteroatoms. The van der Waals surface area contributed by atoms with E-state index in [0.29, 0.717) is 18.9 Å². The molecule has 1 aliphatic heterocycles. The Morgan fingerprint density at radius 1 is 1.30 bits per heavy atom. The third-order valence-electron chi connectivity index (χ3n) is 4.87. The number of benzene rings is 2. The maximum Gasteiger partial charge on any atom is 0.287 e. The van der Waals surface area contributed by atoms with Crippen molar-refractivity contribution in [2.75, 3.05) is 6.61 Å². The van der Waals surface area contributed by atoms with E-state index >= 15 is 0 Å². The zero-order valence-corrected chi connectivity index (χ0v) is 15.8. The van der Waals surface area contributed by atoms with Crippen LogP contribution in [0.2, 0.25) is 0 Å². The molecule has 0 unspecified atom stereocenters. The second-order valence-corrected chi connectivity index (χ2v) is 6.87. The van der Waals surface area contributed by atoms with E-state index in [1.54, 1.807) is 0 Å². The van der Waals surface area contributed by atoms with Crippen molar-refractivity contribution in [3.63, 3.8) is 0 Å². The number of rotatable bonds is 5. The maximum absolute atomic E-state index is 12.7. The maximum atomic E-state index is 12.7. The molecule has 1 amide bonds. The van der Waals surface area contributed by atoms with E-state index in [0.717, 1.165) is 45.6 Å². The monoisotopic (exact) mass is 365 g/mol. The van der Waals surface area contributed by atoms with Crippen LogP contribution >= 0.6 is 0 Å². The van der Waals surface area contributed by atoms with E-state index in [1.165, 1.54) is 0 Å². The number of carbonyl (C=O) groups is 1. The predicted molar refractivity (Wildman–Crippen MR) is 104 cm³/mol. The first kappa shape index (κ1) is 17.5. The molecule has 0 saturated carbocycles. The minimum absolute atomic E-state index is 0.164. The Morgan fingerprint density at radius 3 is 2.89 bits per heavy atom. The van der Waals surface area contributed by atoms with Crippen molar-refractivity contribution in [3.8, 4) is 11.5 Å². The van der Waals surface area contributed by atoms with Gasteiger partial charge >= 0.3 is 0 Å². The molecule has 1 aliphatic rings. The molecule has 27 heavy (non-hydrogen) atoms. The van der Waals surface area contributed by atoms with E-state index in [-0.39, 0.29) is 12.0 Å². The smallest absolute Gasteiger partial charge is 0.287 e. The summed E-state index contributed by atoms with van der Waals surface area (Å²) in [7, 11) is 0. The van der Waals surface area contributed by atoms with Gasteiger partial charge in [0.25, 0.3) is 5.91 Å². The van der Waals surface area contributed by atoms with Gasteiger partial charge in [-0.05, 0) is 39.0 Å². The van der Waals surface area contributed by atoms with Gasteiger partial charge in [0, 0.05) is 35.0 Å². The van der Waals surface area contributed by atoms with Crippen molar-refractivity contribution in [2.45, 2.75) is 39.8 Å². The second-order valence-electron chi connectivity index (χ2n) is 6.87. The van der Waals surface area contributed by atoms with Crippen LogP contribution < -0.4 is 14.8 Å². The highest BCUT2D eigenvalue weighted by Crippen LogP contribution is 2.35. The zero-order valence-electron chi connectivity index (χ0n) is 15.8. The summed E-state index contributed by atoms with van der Waals surface area (Å²) in [5.74, 6) is 1.77. The summed E-state index contributed by atoms with van der Waals surface area (Å²) in [5.41, 5.74) is 3.61. The van der Waals surface area contributed by atoms with Crippen LogP contribution in [-0.2, 0) is 13.0 Å². The summed E-state index contributed by atoms with van der Waals surface area (Å²) in [6.07, 6.45) is 1.04. The standard InChI is InChI=1S/C22H23NO4/c1-4-25-19-10-15-9-13(2)26-20(15)11-16(19)12-23-22(24)21-14(3)17-7-5-6-8-18(17)27-21/h5-8,10-11,13H,4,9,12H2,1-3H3,(H,23,24)/t13-/m0/s1. The summed E-state index contributed by atoms with van der Waals surface area (Å²) < 4.78 is 17.4. The highest BCUT2D eigenvalue weighted by Gasteiger charge is 2.23. The molecule has 2 aromatic carbocycles. The second kappa shape index (κ2) is 6.99. The highest BCUT2D eigenvalue weighted by molar-refractivity contribution is 5.98. The number of hydrogen-bond donors (Lipinski definition) is 1. The number of para-hydroxylation sites is 1. The van der Waals surface area contributed by atoms with Gasteiger partial charge in [-0.1, -0.05) is 18.2 Å². The first-order chi connectivity index (χ1) is 13.1. The highest BCUT2D eigenvalue weighted by atomic mass is 16.5. The molecule has 1 N–H and O–H groups in total. The van der Waals surface area contributed by atoms with E-state index in [9.17, 15) is 4.79 Å². The third-order valence-corrected chi connectivity index (χ3v) is 4.87. The largest absolute Gasteiger partial charge is 0.494 e. The van der Waals surface area contributed by atoms with Crippen LogP contribution in [0.15, 0.2) is 40.8 Å². The van der Waals surface area contributed by atoms with E-state index < -0.39 is 0 Å². The van der Waals surface area contributed by atoms with Gasteiger partial charge in [0.15, 0.2) is 5.76 Å². The van der Waals surface area contributed by atoms with Gasteiger partial charge in [0.2, 0.25) is 0 Å². The molecule has 3 aromatic rings. The summed E-state index contributed by atoms with van der Waals surface area (Å²) in [6.45, 7) is 6.81. The van der Waals surface area contributed by atoms with Gasteiger partial charge < -0.3 is 19.2 Å². The summed E-state index contributed by atoms with van der Waals surface area (Å²) >= 11 is 0. The van der Waals surface area contributed by atoms with Crippen LogP contribution in [0.5, 0.6) is 11.5 Å². The van der Waals surface area contributed by atoms with Gasteiger partial charge in [-0.25, -0.2) is 0 Å². The minimum atomic E-state index is -0.235. The van der Waals surface area contributed by atoms with E-state index in [4.69, 9.17) is 13.9 Å². The van der Waals surface area contributed by atoms with Crippen LogP contribution in [0.3, 0.4) is 0 Å². The normalized spacial score (nSPS) is 15.4. The fourth-order valence-electron chi connectivity index (χ4n) is 3.56. The third kappa shape index (κ3) is 3.25. The van der Waals surface area contributed by atoms with E-state index in [1.807, 2.05) is 57.2 Å². The lowest BCUT2D eigenvalue weighted by atomic mass is 10.1. The first-order valence-corrected chi connectivity index (χ1v) is 9.28. The first-order valence-electron chi connectivity index (χ1n) is 9.28. The number of fused-ring (bicyclic) bond motifs is 2. The average molecular weight is 365 g/mol. The van der Waals surface area contributed by atoms with Crippen LogP contribution in [-0.4, -0.2) is 18.6 Å². The van der Waals surface area contributed by atoms with E-state index in [2.05, 4.69) is 5.32 Å². The van der Waals surface area contributed by atoms with Gasteiger partial charge in [-0.15, -0.1) is 0 Å². The number of nitrogens with one attached hydrogen (secondary N) is 1. The Morgan fingerprint density at radius 2 is 2.11 bits per heavy atom. The molecule has 0 saturated heterocycles. The fourth-order valence-corrected chi connectivity index (χ4v) is 3.56. The molecular formula is C22H23NO4. The van der Waals surface area contributed by atoms with Crippen LogP contribution in [0, 0.1) is 6.92 Å². The lowest BCUT2D eigenvalue weighted by Gasteiger charge is -2.13. The summed E-state index contributed by atoms with van der Waals surface area (Å²) in [4.78, 5) is 12.7. The average Bonchev–Trinajstić information content (AvgIpc) is 3.19. The Hall–Kier alpha value is -2.95. The van der Waals surface area contributed by atoms with Crippen LogP contribution in [0.1, 0.15) is 41.1 Å². The van der Waals surface area contributed by atoms with Crippen LogP contribution in [0.4, 0.5) is 0 Å². The van der Waals surface area contributed by atoms with Crippen LogP contribution in [0.25, 0.3) is 11.0 Å². The number of aryl methyl sites for hydroxylation is 1. The fraction of sp³-hybridized carbons (Fsp3) is 0.318. The molecule has 5 nitrogen and oxygen atoms in total. The molecule has 140 valence electrons. The molecule has 0 fully saturated rings. The molecule has 1 atom stereocenters. The van der Waals surface area contributed by atoms with Gasteiger partial charge in [0.1, 0.15) is 23.2 Å². The topological polar surface area (TPSA) is 60.7 Å². The Labute approximate surface area is 158 Å². The number of amides is 1. The van der Waals surface area contributed by atoms with Crippen molar-refractivity contribution in [1.82, 2.24) is 5.32 Å². The molecule has 0 radical (unpaired) electrons. The molecule has 0 bridgehead atoms. The van der Waals surface area contributed by atoms with Crippen molar-refractivity contribution < 1.29 is 18.7 Å². The quantitative estimate of drug-likeness (QED) is 0.728. The van der Waals surface area contributed by atoms with Gasteiger partial charge in [-0.2, -0.15) is 0 Å². The SMILES string of the molecule is CCOc1cc2c(cc1CNC(=O)c1oc3ccccc3c1C)O[C@@H](C)C2. The number of ether oxygens (including phenoxy) is 2. The summed E-state index contributed by atoms with van der Waals surface area (Å²) in [6, 6.07) is 11.6. The number of hydrogen-bond acceptors (Lipinski definition) is 4. The Balaban J connectivity index is 1.56. The van der Waals surface area contributed by atoms with Gasteiger partial charge in [-0.3, -0.25) is 4.79 Å². The predicted octanol–water partition coefficient (Wildman–Crippen LogP) is 4.39. The molecule has 0 aliphatic carbocycles. The van der Waals surface area contributed by atoms with Gasteiger partial charge in [0.05, 0.1) is 6.61 Å². The molecular weight excluding hydrogens is 342 g/mol. The zero-order chi connectivity index (χ0) is 19.0. The summed E-state index contributed by atoms with van der Waals surface area (Å²) in [5, 5.41) is 3.91. The minimum Gasteiger partial charge on any atom is -0.494 e.